The van der Waals surface area contributed by atoms with Crippen molar-refractivity contribution in [2.75, 3.05) is 13.1 Å². The van der Waals surface area contributed by atoms with Gasteiger partial charge >= 0.3 is 12.1 Å². The standard InChI is InChI=1S/C15H20N2O4/c1-10(11-5-3-2-4-6-11)16-13-9-17(15(20)21)8-7-12(13)14(18)19/h2-6,10,12-13,16H,7-9H2,1H3,(H,18,19)(H,20,21)/t10-,12+,13-/m0/s1. The maximum atomic E-state index is 11.4. The van der Waals surface area contributed by atoms with E-state index in [9.17, 15) is 14.7 Å². The lowest BCUT2D eigenvalue weighted by atomic mass is 9.90. The maximum absolute atomic E-state index is 11.4. The molecule has 1 saturated heterocycles. The van der Waals surface area contributed by atoms with E-state index >= 15 is 0 Å². The number of amides is 1. The Hall–Kier alpha value is -2.08. The van der Waals surface area contributed by atoms with Crippen LogP contribution in [0.5, 0.6) is 0 Å². The van der Waals surface area contributed by atoms with Crippen LogP contribution in [0.3, 0.4) is 0 Å². The predicted octanol–water partition coefficient (Wildman–Crippen LogP) is 1.79. The molecule has 0 aromatic heterocycles. The molecule has 0 radical (unpaired) electrons. The van der Waals surface area contributed by atoms with E-state index in [0.717, 1.165) is 5.56 Å². The lowest BCUT2D eigenvalue weighted by Crippen LogP contribution is -2.54. The molecule has 6 heteroatoms. The molecule has 0 aliphatic carbocycles. The van der Waals surface area contributed by atoms with E-state index < -0.39 is 18.0 Å². The summed E-state index contributed by atoms with van der Waals surface area (Å²) in [6.45, 7) is 2.42. The quantitative estimate of drug-likeness (QED) is 0.787. The van der Waals surface area contributed by atoms with Crippen molar-refractivity contribution in [3.8, 4) is 0 Å². The number of nitrogens with zero attached hydrogens (tertiary/aromatic N) is 1. The third kappa shape index (κ3) is 3.72. The van der Waals surface area contributed by atoms with Crippen molar-refractivity contribution >= 4 is 12.1 Å². The predicted molar refractivity (Wildman–Crippen MR) is 77.1 cm³/mol. The fourth-order valence-corrected chi connectivity index (χ4v) is 2.75. The smallest absolute Gasteiger partial charge is 0.407 e. The summed E-state index contributed by atoms with van der Waals surface area (Å²) in [6.07, 6.45) is -0.668. The number of hydrogen-bond acceptors (Lipinski definition) is 3. The first kappa shape index (κ1) is 15.3. The molecule has 0 saturated carbocycles. The van der Waals surface area contributed by atoms with Gasteiger partial charge in [0.15, 0.2) is 0 Å². The zero-order valence-electron chi connectivity index (χ0n) is 11.9. The largest absolute Gasteiger partial charge is 0.481 e. The van der Waals surface area contributed by atoms with Gasteiger partial charge in [0.05, 0.1) is 5.92 Å². The SMILES string of the molecule is C[C@H](N[C@H]1CN(C(=O)O)CC[C@H]1C(=O)O)c1ccccc1. The van der Waals surface area contributed by atoms with Crippen molar-refractivity contribution in [3.05, 3.63) is 35.9 Å². The van der Waals surface area contributed by atoms with Crippen LogP contribution in [-0.4, -0.2) is 46.3 Å². The van der Waals surface area contributed by atoms with Crippen molar-refractivity contribution in [1.29, 1.82) is 0 Å². The highest BCUT2D eigenvalue weighted by Crippen LogP contribution is 2.22. The molecule has 1 aromatic carbocycles. The van der Waals surface area contributed by atoms with Gasteiger partial charge < -0.3 is 20.4 Å². The number of piperidine rings is 1. The van der Waals surface area contributed by atoms with E-state index in [4.69, 9.17) is 5.11 Å². The van der Waals surface area contributed by atoms with Gasteiger partial charge in [-0.05, 0) is 18.9 Å². The first-order valence-electron chi connectivity index (χ1n) is 7.00. The maximum Gasteiger partial charge on any atom is 0.407 e. The topological polar surface area (TPSA) is 89.9 Å². The third-order valence-corrected chi connectivity index (χ3v) is 3.96. The summed E-state index contributed by atoms with van der Waals surface area (Å²) in [5.41, 5.74) is 1.05. The first-order valence-corrected chi connectivity index (χ1v) is 7.00. The molecule has 1 heterocycles. The van der Waals surface area contributed by atoms with Gasteiger partial charge in [0.2, 0.25) is 0 Å². The minimum absolute atomic E-state index is 0.0354. The highest BCUT2D eigenvalue weighted by Gasteiger charge is 2.36. The van der Waals surface area contributed by atoms with Gasteiger partial charge in [0, 0.05) is 25.2 Å². The molecule has 114 valence electrons. The highest BCUT2D eigenvalue weighted by molar-refractivity contribution is 5.72. The van der Waals surface area contributed by atoms with E-state index in [-0.39, 0.29) is 25.2 Å². The van der Waals surface area contributed by atoms with Gasteiger partial charge in [0.1, 0.15) is 0 Å². The molecule has 1 fully saturated rings. The summed E-state index contributed by atoms with van der Waals surface area (Å²) >= 11 is 0. The molecule has 6 nitrogen and oxygen atoms in total. The monoisotopic (exact) mass is 292 g/mol. The second-order valence-electron chi connectivity index (χ2n) is 5.37. The molecule has 2 rings (SSSR count). The number of carboxylic acids is 1. The van der Waals surface area contributed by atoms with Gasteiger partial charge in [-0.2, -0.15) is 0 Å². The first-order chi connectivity index (χ1) is 9.99. The fraction of sp³-hybridized carbons (Fsp3) is 0.467. The minimum atomic E-state index is -1.00. The summed E-state index contributed by atoms with van der Waals surface area (Å²) in [5, 5.41) is 21.7. The average molecular weight is 292 g/mol. The molecule has 1 aliphatic rings. The molecule has 0 unspecified atom stereocenters. The normalized spacial score (nSPS) is 23.6. The van der Waals surface area contributed by atoms with Crippen LogP contribution >= 0.6 is 0 Å². The second kappa shape index (κ2) is 6.58. The average Bonchev–Trinajstić information content (AvgIpc) is 2.47. The van der Waals surface area contributed by atoms with Crippen LogP contribution in [0.2, 0.25) is 0 Å². The summed E-state index contributed by atoms with van der Waals surface area (Å²) in [7, 11) is 0. The molecule has 0 bridgehead atoms. The summed E-state index contributed by atoms with van der Waals surface area (Å²) in [5.74, 6) is -1.44. The molecule has 1 amide bonds. The van der Waals surface area contributed by atoms with Crippen molar-refractivity contribution in [2.45, 2.75) is 25.4 Å². The molecular weight excluding hydrogens is 272 g/mol. The molecule has 1 aromatic rings. The number of likely N-dealkylation sites (tertiary alicyclic amines) is 1. The summed E-state index contributed by atoms with van der Waals surface area (Å²) in [4.78, 5) is 23.7. The lowest BCUT2D eigenvalue weighted by molar-refractivity contribution is -0.144. The molecule has 1 aliphatic heterocycles. The Morgan fingerprint density at radius 1 is 1.29 bits per heavy atom. The third-order valence-electron chi connectivity index (χ3n) is 3.96. The molecule has 0 spiro atoms. The summed E-state index contributed by atoms with van der Waals surface area (Å²) < 4.78 is 0. The van der Waals surface area contributed by atoms with Crippen LogP contribution in [0.15, 0.2) is 30.3 Å². The fourth-order valence-electron chi connectivity index (χ4n) is 2.75. The van der Waals surface area contributed by atoms with E-state index in [1.807, 2.05) is 37.3 Å². The number of hydrogen-bond donors (Lipinski definition) is 3. The number of carbonyl (C=O) groups is 2. The van der Waals surface area contributed by atoms with Crippen LogP contribution in [0.4, 0.5) is 4.79 Å². The zero-order chi connectivity index (χ0) is 15.4. The number of carboxylic acid groups (broad SMARTS) is 2. The van der Waals surface area contributed by atoms with Crippen LogP contribution in [0.1, 0.15) is 24.9 Å². The van der Waals surface area contributed by atoms with E-state index in [2.05, 4.69) is 5.32 Å². The van der Waals surface area contributed by atoms with Crippen molar-refractivity contribution < 1.29 is 19.8 Å². The summed E-state index contributed by atoms with van der Waals surface area (Å²) in [6, 6.07) is 9.27. The van der Waals surface area contributed by atoms with Gasteiger partial charge in [-0.1, -0.05) is 30.3 Å². The van der Waals surface area contributed by atoms with Crippen molar-refractivity contribution in [2.24, 2.45) is 5.92 Å². The molecule has 3 atom stereocenters. The zero-order valence-corrected chi connectivity index (χ0v) is 11.9. The Labute approximate surface area is 123 Å². The number of nitrogens with one attached hydrogen (secondary N) is 1. The minimum Gasteiger partial charge on any atom is -0.481 e. The van der Waals surface area contributed by atoms with E-state index in [1.54, 1.807) is 0 Å². The molecular formula is C15H20N2O4. The van der Waals surface area contributed by atoms with E-state index in [1.165, 1.54) is 4.90 Å². The second-order valence-corrected chi connectivity index (χ2v) is 5.37. The van der Waals surface area contributed by atoms with Gasteiger partial charge in [-0.25, -0.2) is 4.79 Å². The van der Waals surface area contributed by atoms with Gasteiger partial charge in [0.25, 0.3) is 0 Å². The van der Waals surface area contributed by atoms with Gasteiger partial charge in [-0.15, -0.1) is 0 Å². The van der Waals surface area contributed by atoms with Crippen LogP contribution in [-0.2, 0) is 4.79 Å². The number of benzene rings is 1. The van der Waals surface area contributed by atoms with Crippen LogP contribution in [0, 0.1) is 5.92 Å². The van der Waals surface area contributed by atoms with Crippen molar-refractivity contribution in [1.82, 2.24) is 10.2 Å². The number of aliphatic carboxylic acids is 1. The van der Waals surface area contributed by atoms with Crippen LogP contribution < -0.4 is 5.32 Å². The Kier molecular flexibility index (Phi) is 4.80. The van der Waals surface area contributed by atoms with Gasteiger partial charge in [-0.3, -0.25) is 4.79 Å². The Morgan fingerprint density at radius 3 is 2.52 bits per heavy atom. The highest BCUT2D eigenvalue weighted by atomic mass is 16.4. The van der Waals surface area contributed by atoms with Crippen LogP contribution in [0.25, 0.3) is 0 Å². The molecule has 3 N–H and O–H groups in total. The van der Waals surface area contributed by atoms with Crippen molar-refractivity contribution in [3.63, 3.8) is 0 Å². The lowest BCUT2D eigenvalue weighted by Gasteiger charge is -2.37. The Morgan fingerprint density at radius 2 is 1.95 bits per heavy atom. The van der Waals surface area contributed by atoms with E-state index in [0.29, 0.717) is 6.42 Å². The Bertz CT molecular complexity index is 506. The Balaban J connectivity index is 2.09. The number of rotatable bonds is 4. The molecule has 21 heavy (non-hydrogen) atoms.